The van der Waals surface area contributed by atoms with E-state index >= 15 is 0 Å². The first kappa shape index (κ1) is 52.3. The molecule has 56 heavy (non-hydrogen) atoms. The molecule has 0 spiro atoms. The SMILES string of the molecule is CCCCC(CC)CCCCC(C)CCCC(C)c1ccc(S(=O)(=O)[O-])cc1.CCCCCCCCCC(CCC)CCCC(C)c1ccc(S(=O)(=O)[O-])cc1. The van der Waals surface area contributed by atoms with Crippen LogP contribution in [-0.4, -0.2) is 25.9 Å². The van der Waals surface area contributed by atoms with Gasteiger partial charge in [-0.1, -0.05) is 214 Å². The summed E-state index contributed by atoms with van der Waals surface area (Å²) in [7, 11) is -8.69. The van der Waals surface area contributed by atoms with Crippen molar-refractivity contribution in [2.75, 3.05) is 0 Å². The fraction of sp³-hybridized carbons (Fsp3) is 0.750. The molecule has 2 aromatic rings. The Morgan fingerprint density at radius 3 is 1.25 bits per heavy atom. The molecule has 6 nitrogen and oxygen atoms in total. The first-order valence-corrected chi connectivity index (χ1v) is 25.6. The van der Waals surface area contributed by atoms with Crippen LogP contribution in [0.1, 0.15) is 226 Å². The lowest BCUT2D eigenvalue weighted by Crippen LogP contribution is -2.03. The smallest absolute Gasteiger partial charge is 0.124 e. The summed E-state index contributed by atoms with van der Waals surface area (Å²) in [5, 5.41) is 0. The lowest BCUT2D eigenvalue weighted by atomic mass is 9.88. The van der Waals surface area contributed by atoms with E-state index in [9.17, 15) is 25.9 Å². The minimum Gasteiger partial charge on any atom is -0.744 e. The van der Waals surface area contributed by atoms with Crippen molar-refractivity contribution in [3.05, 3.63) is 59.7 Å². The Labute approximate surface area is 346 Å². The first-order valence-electron chi connectivity index (χ1n) is 22.8. The third-order valence-electron chi connectivity index (χ3n) is 12.1. The van der Waals surface area contributed by atoms with Gasteiger partial charge in [0.1, 0.15) is 20.2 Å². The molecule has 0 radical (unpaired) electrons. The highest BCUT2D eigenvalue weighted by Gasteiger charge is 2.13. The maximum Gasteiger partial charge on any atom is 0.124 e. The molecule has 5 atom stereocenters. The van der Waals surface area contributed by atoms with Gasteiger partial charge in [-0.05, 0) is 77.8 Å². The summed E-state index contributed by atoms with van der Waals surface area (Å²) in [6, 6.07) is 12.9. The molecule has 0 heterocycles. The van der Waals surface area contributed by atoms with Gasteiger partial charge in [0.2, 0.25) is 0 Å². The molecular weight excluding hydrogens is 737 g/mol. The number of hydrogen-bond acceptors (Lipinski definition) is 6. The predicted octanol–water partition coefficient (Wildman–Crippen LogP) is 14.7. The van der Waals surface area contributed by atoms with E-state index in [2.05, 4.69) is 48.5 Å². The molecule has 0 aromatic heterocycles. The van der Waals surface area contributed by atoms with E-state index in [4.69, 9.17) is 0 Å². The number of rotatable bonds is 31. The quantitative estimate of drug-likeness (QED) is 0.0553. The Balaban J connectivity index is 0.000000560. The molecule has 2 rings (SSSR count). The van der Waals surface area contributed by atoms with Crippen LogP contribution in [0.15, 0.2) is 58.3 Å². The molecule has 0 saturated carbocycles. The molecule has 2 aromatic carbocycles. The molecule has 0 fully saturated rings. The second-order valence-electron chi connectivity index (χ2n) is 17.1. The van der Waals surface area contributed by atoms with E-state index in [-0.39, 0.29) is 9.79 Å². The van der Waals surface area contributed by atoms with Crippen LogP contribution in [0.25, 0.3) is 0 Å². The van der Waals surface area contributed by atoms with Gasteiger partial charge in [-0.25, -0.2) is 16.8 Å². The van der Waals surface area contributed by atoms with Gasteiger partial charge in [-0.2, -0.15) is 0 Å². The van der Waals surface area contributed by atoms with Crippen molar-refractivity contribution in [1.82, 2.24) is 0 Å². The van der Waals surface area contributed by atoms with E-state index in [1.54, 1.807) is 24.3 Å². The maximum atomic E-state index is 11.0. The van der Waals surface area contributed by atoms with Gasteiger partial charge >= 0.3 is 0 Å². The van der Waals surface area contributed by atoms with Crippen LogP contribution in [0.2, 0.25) is 0 Å². The van der Waals surface area contributed by atoms with Crippen molar-refractivity contribution in [1.29, 1.82) is 0 Å². The molecule has 0 bridgehead atoms. The topological polar surface area (TPSA) is 114 Å². The molecule has 0 aliphatic carbocycles. The first-order chi connectivity index (χ1) is 26.7. The second-order valence-corrected chi connectivity index (χ2v) is 19.8. The summed E-state index contributed by atoms with van der Waals surface area (Å²) in [6.45, 7) is 15.9. The molecule has 324 valence electrons. The van der Waals surface area contributed by atoms with Gasteiger partial charge in [-0.3, -0.25) is 0 Å². The zero-order valence-electron chi connectivity index (χ0n) is 36.7. The van der Waals surface area contributed by atoms with E-state index in [0.717, 1.165) is 41.7 Å². The summed E-state index contributed by atoms with van der Waals surface area (Å²) in [5.74, 6) is 3.33. The standard InChI is InChI=1S/2C24H42O3S/c1-5-7-14-22(6-2)15-9-8-11-20(3)12-10-13-21(4)23-16-18-24(19-17-23)28(25,26)27;1-4-6-7-8-9-10-11-15-22(13-5-2)16-12-14-21(3)23-17-19-24(20-18-23)28(25,26)27/h16-22H,5-15H2,1-4H3,(H,25,26,27);17-22H,4-16H2,1-3H3,(H,25,26,27)/p-2. The zero-order chi connectivity index (χ0) is 41.8. The largest absolute Gasteiger partial charge is 0.744 e. The molecule has 0 N–H and O–H groups in total. The third kappa shape index (κ3) is 24.2. The maximum absolute atomic E-state index is 11.0. The second kappa shape index (κ2) is 30.3. The Kier molecular flexibility index (Phi) is 28.3. The van der Waals surface area contributed by atoms with Crippen molar-refractivity contribution in [2.45, 2.75) is 224 Å². The third-order valence-corrected chi connectivity index (χ3v) is 13.8. The lowest BCUT2D eigenvalue weighted by molar-refractivity contribution is 0.375. The lowest BCUT2D eigenvalue weighted by Gasteiger charge is -2.18. The van der Waals surface area contributed by atoms with Crippen LogP contribution in [-0.2, 0) is 20.2 Å². The van der Waals surface area contributed by atoms with E-state index in [1.807, 2.05) is 0 Å². The Bertz CT molecular complexity index is 1450. The van der Waals surface area contributed by atoms with Crippen molar-refractivity contribution in [2.24, 2.45) is 17.8 Å². The summed E-state index contributed by atoms with van der Waals surface area (Å²) >= 11 is 0. The van der Waals surface area contributed by atoms with Gasteiger partial charge in [0.05, 0.1) is 9.79 Å². The summed E-state index contributed by atoms with van der Waals surface area (Å²) in [6.07, 6.45) is 31.7. The van der Waals surface area contributed by atoms with Crippen LogP contribution in [0.3, 0.4) is 0 Å². The Morgan fingerprint density at radius 1 is 0.411 bits per heavy atom. The average Bonchev–Trinajstić information content (AvgIpc) is 3.16. The van der Waals surface area contributed by atoms with E-state index in [0.29, 0.717) is 11.8 Å². The molecule has 0 aliphatic heterocycles. The molecule has 0 aliphatic rings. The average molecular weight is 819 g/mol. The number of benzene rings is 2. The van der Waals surface area contributed by atoms with Gasteiger partial charge in [0, 0.05) is 0 Å². The highest BCUT2D eigenvalue weighted by molar-refractivity contribution is 7.86. The van der Waals surface area contributed by atoms with Crippen LogP contribution in [0.5, 0.6) is 0 Å². The number of hydrogen-bond donors (Lipinski definition) is 0. The highest BCUT2D eigenvalue weighted by atomic mass is 32.2. The van der Waals surface area contributed by atoms with Crippen LogP contribution in [0.4, 0.5) is 0 Å². The zero-order valence-corrected chi connectivity index (χ0v) is 38.4. The molecule has 5 unspecified atom stereocenters. The summed E-state index contributed by atoms with van der Waals surface area (Å²) in [4.78, 5) is -0.279. The van der Waals surface area contributed by atoms with Gasteiger partial charge in [0.15, 0.2) is 0 Å². The minimum absolute atomic E-state index is 0.138. The van der Waals surface area contributed by atoms with Gasteiger partial charge in [-0.15, -0.1) is 0 Å². The van der Waals surface area contributed by atoms with Crippen molar-refractivity contribution in [3.63, 3.8) is 0 Å². The molecular formula is C48H82O6S2-2. The molecule has 0 saturated heterocycles. The van der Waals surface area contributed by atoms with Gasteiger partial charge in [0.25, 0.3) is 0 Å². The predicted molar refractivity (Wildman–Crippen MR) is 235 cm³/mol. The van der Waals surface area contributed by atoms with Crippen molar-refractivity contribution >= 4 is 20.2 Å². The van der Waals surface area contributed by atoms with E-state index < -0.39 is 20.2 Å². The van der Waals surface area contributed by atoms with Crippen LogP contribution < -0.4 is 0 Å². The van der Waals surface area contributed by atoms with E-state index in [1.165, 1.54) is 166 Å². The normalized spacial score (nSPS) is 14.7. The van der Waals surface area contributed by atoms with Crippen LogP contribution >= 0.6 is 0 Å². The summed E-state index contributed by atoms with van der Waals surface area (Å²) in [5.41, 5.74) is 2.23. The fourth-order valence-corrected chi connectivity index (χ4v) is 9.03. The van der Waals surface area contributed by atoms with Gasteiger partial charge < -0.3 is 9.11 Å². The Morgan fingerprint density at radius 2 is 0.786 bits per heavy atom. The minimum atomic E-state index is -4.35. The van der Waals surface area contributed by atoms with Crippen molar-refractivity contribution in [3.8, 4) is 0 Å². The number of unbranched alkanes of at least 4 members (excludes halogenated alkanes) is 8. The summed E-state index contributed by atoms with van der Waals surface area (Å²) < 4.78 is 66.2. The fourth-order valence-electron chi connectivity index (χ4n) is 8.09. The molecule has 0 amide bonds. The van der Waals surface area contributed by atoms with Crippen molar-refractivity contribution < 1.29 is 25.9 Å². The molecule has 8 heteroatoms. The Hall–Kier alpha value is -1.74. The monoisotopic (exact) mass is 819 g/mol. The highest BCUT2D eigenvalue weighted by Crippen LogP contribution is 2.29. The van der Waals surface area contributed by atoms with Crippen LogP contribution in [0, 0.1) is 17.8 Å².